The van der Waals surface area contributed by atoms with Gasteiger partial charge in [-0.3, -0.25) is 9.59 Å². The van der Waals surface area contributed by atoms with Gasteiger partial charge in [0.2, 0.25) is 5.91 Å². The fourth-order valence-electron chi connectivity index (χ4n) is 5.37. The zero-order valence-electron chi connectivity index (χ0n) is 20.7. The minimum Gasteiger partial charge on any atom is -0.494 e. The summed E-state index contributed by atoms with van der Waals surface area (Å²) in [6.45, 7) is 3.33. The van der Waals surface area contributed by atoms with Crippen LogP contribution >= 0.6 is 0 Å². The zero-order valence-corrected chi connectivity index (χ0v) is 20.7. The Morgan fingerprint density at radius 1 is 0.972 bits per heavy atom. The van der Waals surface area contributed by atoms with Crippen molar-refractivity contribution in [1.29, 1.82) is 0 Å². The minimum absolute atomic E-state index is 0.0539. The molecule has 3 aromatic carbocycles. The van der Waals surface area contributed by atoms with Crippen molar-refractivity contribution in [2.45, 2.75) is 31.8 Å². The maximum Gasteiger partial charge on any atom is 0.254 e. The van der Waals surface area contributed by atoms with Crippen LogP contribution in [0.2, 0.25) is 0 Å². The summed E-state index contributed by atoms with van der Waals surface area (Å²) in [6, 6.07) is 18.5. The first-order valence-electron chi connectivity index (χ1n) is 12.2. The standard InChI is InChI=1S/C29H30N2O5/c1-4-36-23-12-8-5-9-19(23)17-30-28(32)26-20-10-6-7-11-21(20)29(33)31-14-13-18-15-24(34-2)25(35-3)16-22(18)27(26)31/h5-12,15-16,26-27H,4,13-14,17H2,1-3H3,(H,30,32). The van der Waals surface area contributed by atoms with Crippen molar-refractivity contribution in [3.8, 4) is 17.2 Å². The number of ether oxygens (including phenoxy) is 3. The second-order valence-corrected chi connectivity index (χ2v) is 8.92. The average Bonchev–Trinajstić information content (AvgIpc) is 2.92. The summed E-state index contributed by atoms with van der Waals surface area (Å²) >= 11 is 0. The fraction of sp³-hybridized carbons (Fsp3) is 0.310. The Labute approximate surface area is 211 Å². The van der Waals surface area contributed by atoms with Crippen LogP contribution in [-0.4, -0.2) is 44.1 Å². The lowest BCUT2D eigenvalue weighted by Crippen LogP contribution is -2.50. The molecule has 0 radical (unpaired) electrons. The van der Waals surface area contributed by atoms with Gasteiger partial charge in [-0.1, -0.05) is 36.4 Å². The Bertz CT molecular complexity index is 1300. The van der Waals surface area contributed by atoms with E-state index in [4.69, 9.17) is 14.2 Å². The van der Waals surface area contributed by atoms with Crippen molar-refractivity contribution < 1.29 is 23.8 Å². The number of amides is 2. The van der Waals surface area contributed by atoms with E-state index < -0.39 is 12.0 Å². The van der Waals surface area contributed by atoms with E-state index >= 15 is 0 Å². The van der Waals surface area contributed by atoms with Crippen LogP contribution < -0.4 is 19.5 Å². The van der Waals surface area contributed by atoms with Crippen LogP contribution in [0, 0.1) is 0 Å². The molecule has 0 fully saturated rings. The average molecular weight is 487 g/mol. The zero-order chi connectivity index (χ0) is 25.2. The van der Waals surface area contributed by atoms with Crippen molar-refractivity contribution in [2.24, 2.45) is 0 Å². The van der Waals surface area contributed by atoms with Gasteiger partial charge in [0.05, 0.1) is 32.8 Å². The second-order valence-electron chi connectivity index (χ2n) is 8.92. The van der Waals surface area contributed by atoms with Crippen LogP contribution in [-0.2, 0) is 17.8 Å². The van der Waals surface area contributed by atoms with Crippen LogP contribution in [0.25, 0.3) is 0 Å². The number of methoxy groups -OCH3 is 2. The van der Waals surface area contributed by atoms with Gasteiger partial charge in [-0.05, 0) is 54.3 Å². The summed E-state index contributed by atoms with van der Waals surface area (Å²) in [5, 5.41) is 3.13. The third-order valence-corrected chi connectivity index (χ3v) is 7.03. The fourth-order valence-corrected chi connectivity index (χ4v) is 5.37. The topological polar surface area (TPSA) is 77.1 Å². The summed E-state index contributed by atoms with van der Waals surface area (Å²) in [6.07, 6.45) is 0.677. The normalized spacial score (nSPS) is 18.0. The van der Waals surface area contributed by atoms with E-state index in [0.29, 0.717) is 43.2 Å². The first kappa shape index (κ1) is 23.7. The van der Waals surface area contributed by atoms with Gasteiger partial charge in [0.1, 0.15) is 5.75 Å². The molecule has 3 aromatic rings. The molecule has 2 aliphatic heterocycles. The number of hydrogen-bond acceptors (Lipinski definition) is 5. The van der Waals surface area contributed by atoms with Gasteiger partial charge >= 0.3 is 0 Å². The molecular formula is C29H30N2O5. The van der Waals surface area contributed by atoms with Gasteiger partial charge in [0.25, 0.3) is 5.91 Å². The number of nitrogens with one attached hydrogen (secondary N) is 1. The Hall–Kier alpha value is -4.00. The first-order chi connectivity index (χ1) is 17.6. The molecule has 1 N–H and O–H groups in total. The number of benzene rings is 3. The Kier molecular flexibility index (Phi) is 6.55. The highest BCUT2D eigenvalue weighted by molar-refractivity contribution is 6.01. The molecule has 0 bridgehead atoms. The molecule has 36 heavy (non-hydrogen) atoms. The Morgan fingerprint density at radius 2 is 1.69 bits per heavy atom. The highest BCUT2D eigenvalue weighted by Crippen LogP contribution is 2.48. The van der Waals surface area contributed by atoms with E-state index in [-0.39, 0.29) is 11.8 Å². The van der Waals surface area contributed by atoms with Gasteiger partial charge in [-0.15, -0.1) is 0 Å². The summed E-state index contributed by atoms with van der Waals surface area (Å²) in [4.78, 5) is 29.3. The summed E-state index contributed by atoms with van der Waals surface area (Å²) in [5.74, 6) is 1.20. The molecule has 0 saturated carbocycles. The maximum atomic E-state index is 13.9. The Morgan fingerprint density at radius 3 is 2.47 bits per heavy atom. The largest absolute Gasteiger partial charge is 0.494 e. The van der Waals surface area contributed by atoms with Gasteiger partial charge in [-0.25, -0.2) is 0 Å². The predicted molar refractivity (Wildman–Crippen MR) is 136 cm³/mol. The predicted octanol–water partition coefficient (Wildman–Crippen LogP) is 4.26. The van der Waals surface area contributed by atoms with E-state index in [1.165, 1.54) is 0 Å². The molecule has 7 nitrogen and oxygen atoms in total. The lowest BCUT2D eigenvalue weighted by molar-refractivity contribution is -0.124. The van der Waals surface area contributed by atoms with Crippen molar-refractivity contribution in [1.82, 2.24) is 10.2 Å². The molecule has 2 heterocycles. The molecule has 0 saturated heterocycles. The first-order valence-corrected chi connectivity index (χ1v) is 12.2. The molecule has 2 aliphatic rings. The molecular weight excluding hydrogens is 456 g/mol. The van der Waals surface area contributed by atoms with Crippen LogP contribution in [0.4, 0.5) is 0 Å². The molecule has 186 valence electrons. The smallest absolute Gasteiger partial charge is 0.254 e. The monoisotopic (exact) mass is 486 g/mol. The summed E-state index contributed by atoms with van der Waals surface area (Å²) in [5.41, 5.74) is 4.19. The number of rotatable bonds is 7. The van der Waals surface area contributed by atoms with E-state index in [9.17, 15) is 9.59 Å². The quantitative estimate of drug-likeness (QED) is 0.540. The number of nitrogens with zero attached hydrogens (tertiary/aromatic N) is 1. The SMILES string of the molecule is CCOc1ccccc1CNC(=O)C1c2ccccc2C(=O)N2CCc3cc(OC)c(OC)cc3C12. The van der Waals surface area contributed by atoms with E-state index in [1.807, 2.05) is 72.5 Å². The number of carbonyl (C=O) groups excluding carboxylic acids is 2. The number of hydrogen-bond donors (Lipinski definition) is 1. The number of para-hydroxylation sites is 1. The number of fused-ring (bicyclic) bond motifs is 4. The number of carbonyl (C=O) groups is 2. The summed E-state index contributed by atoms with van der Waals surface area (Å²) < 4.78 is 16.8. The van der Waals surface area contributed by atoms with Crippen molar-refractivity contribution in [3.05, 3.63) is 88.5 Å². The van der Waals surface area contributed by atoms with Gasteiger partial charge in [0.15, 0.2) is 11.5 Å². The van der Waals surface area contributed by atoms with E-state index in [1.54, 1.807) is 14.2 Å². The molecule has 5 rings (SSSR count). The molecule has 7 heteroatoms. The lowest BCUT2D eigenvalue weighted by atomic mass is 9.75. The molecule has 2 amide bonds. The van der Waals surface area contributed by atoms with Gasteiger partial charge in [0, 0.05) is 24.2 Å². The maximum absolute atomic E-state index is 13.9. The molecule has 0 spiro atoms. The van der Waals surface area contributed by atoms with Crippen LogP contribution in [0.5, 0.6) is 17.2 Å². The molecule has 0 aromatic heterocycles. The van der Waals surface area contributed by atoms with E-state index in [2.05, 4.69) is 5.32 Å². The second kappa shape index (κ2) is 9.93. The van der Waals surface area contributed by atoms with Crippen LogP contribution in [0.15, 0.2) is 60.7 Å². The summed E-state index contributed by atoms with van der Waals surface area (Å²) in [7, 11) is 3.20. The highest BCUT2D eigenvalue weighted by Gasteiger charge is 2.46. The minimum atomic E-state index is -0.574. The highest BCUT2D eigenvalue weighted by atomic mass is 16.5. The van der Waals surface area contributed by atoms with E-state index in [0.717, 1.165) is 28.0 Å². The Balaban J connectivity index is 1.56. The van der Waals surface area contributed by atoms with Gasteiger partial charge in [-0.2, -0.15) is 0 Å². The molecule has 0 aliphatic carbocycles. The van der Waals surface area contributed by atoms with Crippen LogP contribution in [0.3, 0.4) is 0 Å². The molecule has 2 atom stereocenters. The molecule has 2 unspecified atom stereocenters. The lowest BCUT2D eigenvalue weighted by Gasteiger charge is -2.45. The third-order valence-electron chi connectivity index (χ3n) is 7.03. The van der Waals surface area contributed by atoms with Crippen LogP contribution in [0.1, 0.15) is 51.5 Å². The van der Waals surface area contributed by atoms with Crippen molar-refractivity contribution in [3.63, 3.8) is 0 Å². The van der Waals surface area contributed by atoms with Crippen molar-refractivity contribution in [2.75, 3.05) is 27.4 Å². The van der Waals surface area contributed by atoms with Gasteiger partial charge < -0.3 is 24.4 Å². The third kappa shape index (κ3) is 4.04. The van der Waals surface area contributed by atoms with Crippen molar-refractivity contribution >= 4 is 11.8 Å².